The maximum atomic E-state index is 13.4. The fraction of sp³-hybridized carbons (Fsp3) is 0.0476. The van der Waals surface area contributed by atoms with Gasteiger partial charge in [-0.05, 0) is 49.4 Å². The monoisotopic (exact) mass is 424 g/mol. The number of anilines is 1. The summed E-state index contributed by atoms with van der Waals surface area (Å²) in [4.78, 5) is 0.0581. The zero-order valence-corrected chi connectivity index (χ0v) is 17.0. The van der Waals surface area contributed by atoms with E-state index in [1.165, 1.54) is 16.8 Å². The van der Waals surface area contributed by atoms with Gasteiger partial charge in [-0.3, -0.25) is 0 Å². The lowest BCUT2D eigenvalue weighted by Crippen LogP contribution is -2.06. The molecule has 0 radical (unpaired) electrons. The van der Waals surface area contributed by atoms with E-state index < -0.39 is 9.84 Å². The first-order chi connectivity index (χ1) is 13.9. The Balaban J connectivity index is 1.97. The van der Waals surface area contributed by atoms with Crippen molar-refractivity contribution in [2.75, 3.05) is 5.73 Å². The number of nitrogens with zero attached hydrogens (tertiary/aromatic N) is 3. The summed E-state index contributed by atoms with van der Waals surface area (Å²) in [6.07, 6.45) is 0. The minimum absolute atomic E-state index is 0.0581. The van der Waals surface area contributed by atoms with Crippen molar-refractivity contribution in [1.82, 2.24) is 15.0 Å². The van der Waals surface area contributed by atoms with Crippen molar-refractivity contribution in [3.8, 4) is 16.9 Å². The molecule has 8 heteroatoms. The second kappa shape index (κ2) is 7.35. The predicted molar refractivity (Wildman–Crippen MR) is 113 cm³/mol. The number of aromatic nitrogens is 3. The third-order valence-electron chi connectivity index (χ3n) is 4.46. The molecule has 0 bridgehead atoms. The summed E-state index contributed by atoms with van der Waals surface area (Å²) in [5, 5.41) is 8.37. The molecule has 3 aromatic carbocycles. The van der Waals surface area contributed by atoms with Gasteiger partial charge < -0.3 is 5.73 Å². The van der Waals surface area contributed by atoms with Crippen LogP contribution in [0.3, 0.4) is 0 Å². The van der Waals surface area contributed by atoms with Gasteiger partial charge in [0.2, 0.25) is 14.9 Å². The Morgan fingerprint density at radius 2 is 1.66 bits per heavy atom. The largest absolute Gasteiger partial charge is 0.399 e. The topological polar surface area (TPSA) is 90.9 Å². The van der Waals surface area contributed by atoms with Gasteiger partial charge in [0, 0.05) is 16.3 Å². The van der Waals surface area contributed by atoms with Crippen LogP contribution in [0.15, 0.2) is 82.7 Å². The Morgan fingerprint density at radius 3 is 2.31 bits per heavy atom. The first-order valence-corrected chi connectivity index (χ1v) is 10.6. The molecule has 0 saturated heterocycles. The summed E-state index contributed by atoms with van der Waals surface area (Å²) in [5.41, 5.74) is 9.13. The van der Waals surface area contributed by atoms with E-state index >= 15 is 0 Å². The molecule has 0 saturated carbocycles. The summed E-state index contributed by atoms with van der Waals surface area (Å²) in [5.74, 6) is 0. The number of benzene rings is 3. The van der Waals surface area contributed by atoms with Gasteiger partial charge >= 0.3 is 0 Å². The van der Waals surface area contributed by atoms with E-state index in [1.807, 2.05) is 31.2 Å². The summed E-state index contributed by atoms with van der Waals surface area (Å²) < 4.78 is 28.2. The highest BCUT2D eigenvalue weighted by Gasteiger charge is 2.29. The molecule has 4 rings (SSSR count). The van der Waals surface area contributed by atoms with Crippen LogP contribution in [0.25, 0.3) is 16.9 Å². The molecule has 0 aliphatic rings. The molecule has 146 valence electrons. The average Bonchev–Trinajstić information content (AvgIpc) is 3.15. The maximum absolute atomic E-state index is 13.4. The summed E-state index contributed by atoms with van der Waals surface area (Å²) >= 11 is 6.01. The molecule has 0 unspecified atom stereocenters. The van der Waals surface area contributed by atoms with E-state index in [9.17, 15) is 8.42 Å². The highest BCUT2D eigenvalue weighted by molar-refractivity contribution is 7.91. The zero-order chi connectivity index (χ0) is 20.6. The Labute approximate surface area is 173 Å². The fourth-order valence-corrected chi connectivity index (χ4v) is 4.57. The molecule has 4 aromatic rings. The molecule has 1 aromatic heterocycles. The van der Waals surface area contributed by atoms with E-state index in [0.717, 1.165) is 5.56 Å². The lowest BCUT2D eigenvalue weighted by molar-refractivity contribution is 0.592. The number of halogens is 1. The summed E-state index contributed by atoms with van der Waals surface area (Å²) in [7, 11) is -3.95. The van der Waals surface area contributed by atoms with Gasteiger partial charge in [-0.25, -0.2) is 13.1 Å². The van der Waals surface area contributed by atoms with Crippen LogP contribution in [-0.4, -0.2) is 23.4 Å². The Hall–Kier alpha value is -3.16. The van der Waals surface area contributed by atoms with E-state index in [0.29, 0.717) is 27.7 Å². The second-order valence-corrected chi connectivity index (χ2v) is 8.87. The highest BCUT2D eigenvalue weighted by atomic mass is 35.5. The van der Waals surface area contributed by atoms with Gasteiger partial charge in [-0.2, -0.15) is 0 Å². The number of nitrogens with two attached hydrogens (primary N) is 1. The minimum Gasteiger partial charge on any atom is -0.399 e. The Morgan fingerprint density at radius 1 is 0.966 bits per heavy atom. The van der Waals surface area contributed by atoms with Crippen LogP contribution in [0.2, 0.25) is 5.02 Å². The lowest BCUT2D eigenvalue weighted by Gasteiger charge is -2.10. The maximum Gasteiger partial charge on any atom is 0.228 e. The molecule has 29 heavy (non-hydrogen) atoms. The van der Waals surface area contributed by atoms with Gasteiger partial charge in [0.15, 0.2) is 0 Å². The van der Waals surface area contributed by atoms with Crippen molar-refractivity contribution in [1.29, 1.82) is 0 Å². The molecule has 2 N–H and O–H groups in total. The number of rotatable bonds is 4. The lowest BCUT2D eigenvalue weighted by atomic mass is 10.1. The second-order valence-electron chi connectivity index (χ2n) is 6.57. The van der Waals surface area contributed by atoms with Crippen LogP contribution >= 0.6 is 11.6 Å². The van der Waals surface area contributed by atoms with Crippen LogP contribution in [0.1, 0.15) is 5.56 Å². The van der Waals surface area contributed by atoms with Crippen molar-refractivity contribution >= 4 is 27.1 Å². The number of hydrogen-bond acceptors (Lipinski definition) is 5. The summed E-state index contributed by atoms with van der Waals surface area (Å²) in [6, 6.07) is 20.6. The first kappa shape index (κ1) is 19.2. The molecule has 0 aliphatic carbocycles. The third-order valence-corrected chi connectivity index (χ3v) is 6.36. The number of sulfone groups is 1. The minimum atomic E-state index is -3.95. The Bertz CT molecular complexity index is 1280. The molecule has 1 heterocycles. The van der Waals surface area contributed by atoms with Gasteiger partial charge in [-0.15, -0.1) is 5.10 Å². The van der Waals surface area contributed by atoms with Gasteiger partial charge in [0.1, 0.15) is 5.69 Å². The number of nitrogen functional groups attached to an aromatic ring is 1. The first-order valence-electron chi connectivity index (χ1n) is 8.75. The van der Waals surface area contributed by atoms with Crippen LogP contribution in [0.4, 0.5) is 5.69 Å². The van der Waals surface area contributed by atoms with E-state index in [4.69, 9.17) is 17.3 Å². The quantitative estimate of drug-likeness (QED) is 0.493. The van der Waals surface area contributed by atoms with Crippen molar-refractivity contribution in [2.45, 2.75) is 16.8 Å². The molecular weight excluding hydrogens is 408 g/mol. The smallest absolute Gasteiger partial charge is 0.228 e. The SMILES string of the molecule is Cc1ccc(-c2c(S(=O)(=O)c3cccc(Cl)c3)nnn2-c2ccc(N)cc2)cc1. The third kappa shape index (κ3) is 3.62. The van der Waals surface area contributed by atoms with Crippen molar-refractivity contribution in [2.24, 2.45) is 0 Å². The predicted octanol–water partition coefficient (Wildman–Crippen LogP) is 4.31. The Kier molecular flexibility index (Phi) is 4.86. The van der Waals surface area contributed by atoms with Crippen LogP contribution < -0.4 is 5.73 Å². The molecule has 0 atom stereocenters. The van der Waals surface area contributed by atoms with Crippen molar-refractivity contribution in [3.05, 3.63) is 83.4 Å². The van der Waals surface area contributed by atoms with Crippen molar-refractivity contribution in [3.63, 3.8) is 0 Å². The van der Waals surface area contributed by atoms with E-state index in [1.54, 1.807) is 36.4 Å². The molecule has 0 aliphatic heterocycles. The van der Waals surface area contributed by atoms with E-state index in [2.05, 4.69) is 10.3 Å². The molecular formula is C21H17ClN4O2S. The van der Waals surface area contributed by atoms with Crippen LogP contribution in [0, 0.1) is 6.92 Å². The molecule has 6 nitrogen and oxygen atoms in total. The van der Waals surface area contributed by atoms with Gasteiger partial charge in [0.05, 0.1) is 10.6 Å². The van der Waals surface area contributed by atoms with Crippen LogP contribution in [-0.2, 0) is 9.84 Å². The average molecular weight is 425 g/mol. The number of aryl methyl sites for hydroxylation is 1. The van der Waals surface area contributed by atoms with Gasteiger partial charge in [-0.1, -0.05) is 52.7 Å². The molecule has 0 fully saturated rings. The van der Waals surface area contributed by atoms with Crippen LogP contribution in [0.5, 0.6) is 0 Å². The van der Waals surface area contributed by atoms with Crippen molar-refractivity contribution < 1.29 is 8.42 Å². The highest BCUT2D eigenvalue weighted by Crippen LogP contribution is 2.32. The summed E-state index contributed by atoms with van der Waals surface area (Å²) in [6.45, 7) is 1.96. The number of hydrogen-bond donors (Lipinski definition) is 1. The fourth-order valence-electron chi connectivity index (χ4n) is 2.95. The zero-order valence-electron chi connectivity index (χ0n) is 15.4. The normalized spacial score (nSPS) is 11.5. The van der Waals surface area contributed by atoms with Gasteiger partial charge in [0.25, 0.3) is 0 Å². The van der Waals surface area contributed by atoms with E-state index in [-0.39, 0.29) is 9.92 Å². The standard InChI is InChI=1S/C21H17ClN4O2S/c1-14-5-7-15(8-6-14)20-21(29(27,28)19-4-2-3-16(22)13-19)24-25-26(20)18-11-9-17(23)10-12-18/h2-13H,23H2,1H3. The molecule has 0 spiro atoms. The molecule has 0 amide bonds.